The Labute approximate surface area is 106 Å². The van der Waals surface area contributed by atoms with Crippen LogP contribution in [-0.4, -0.2) is 12.0 Å². The molecule has 0 atom stereocenters. The standard InChI is InChI=1S/C8H6Br2F2N2O2/c9-4-1-2-6(5(10)3-4)16-8(11,12)7(15)14-13/h1-3H,13H2,(H,14,15). The lowest BCUT2D eigenvalue weighted by Gasteiger charge is -2.16. The van der Waals surface area contributed by atoms with Crippen molar-refractivity contribution in [1.29, 1.82) is 0 Å². The fourth-order valence-electron chi connectivity index (χ4n) is 0.826. The van der Waals surface area contributed by atoms with Crippen LogP contribution in [0, 0.1) is 0 Å². The van der Waals surface area contributed by atoms with Crippen molar-refractivity contribution in [2.75, 3.05) is 0 Å². The van der Waals surface area contributed by atoms with Crippen LogP contribution in [0.25, 0.3) is 0 Å². The van der Waals surface area contributed by atoms with Gasteiger partial charge in [-0.2, -0.15) is 8.78 Å². The van der Waals surface area contributed by atoms with Gasteiger partial charge in [0.2, 0.25) is 0 Å². The summed E-state index contributed by atoms with van der Waals surface area (Å²) in [5.74, 6) is 2.71. The molecule has 0 aliphatic heterocycles. The van der Waals surface area contributed by atoms with Gasteiger partial charge in [0.05, 0.1) is 4.47 Å². The van der Waals surface area contributed by atoms with Crippen LogP contribution in [0.4, 0.5) is 8.78 Å². The Morgan fingerprint density at radius 3 is 2.56 bits per heavy atom. The van der Waals surface area contributed by atoms with Crippen molar-refractivity contribution in [2.45, 2.75) is 6.11 Å². The smallest absolute Gasteiger partial charge is 0.424 e. The zero-order valence-electron chi connectivity index (χ0n) is 7.64. The van der Waals surface area contributed by atoms with Crippen molar-refractivity contribution in [2.24, 2.45) is 5.84 Å². The summed E-state index contributed by atoms with van der Waals surface area (Å²) in [4.78, 5) is 10.7. The summed E-state index contributed by atoms with van der Waals surface area (Å²) in [6.07, 6.45) is -4.02. The van der Waals surface area contributed by atoms with Gasteiger partial charge in [-0.3, -0.25) is 10.2 Å². The van der Waals surface area contributed by atoms with E-state index in [9.17, 15) is 13.6 Å². The van der Waals surface area contributed by atoms with Crippen molar-refractivity contribution in [1.82, 2.24) is 5.43 Å². The van der Waals surface area contributed by atoms with Crippen LogP contribution >= 0.6 is 31.9 Å². The first-order valence-electron chi connectivity index (χ1n) is 3.90. The maximum Gasteiger partial charge on any atom is 0.483 e. The van der Waals surface area contributed by atoms with Crippen LogP contribution in [0.5, 0.6) is 5.75 Å². The highest BCUT2D eigenvalue weighted by Gasteiger charge is 2.42. The van der Waals surface area contributed by atoms with Crippen molar-refractivity contribution in [3.63, 3.8) is 0 Å². The molecule has 0 bridgehead atoms. The second-order valence-corrected chi connectivity index (χ2v) is 4.44. The van der Waals surface area contributed by atoms with Crippen LogP contribution in [0.2, 0.25) is 0 Å². The number of carbonyl (C=O) groups excluding carboxylic acids is 1. The molecule has 0 aliphatic rings. The molecule has 0 saturated carbocycles. The molecule has 0 aliphatic carbocycles. The lowest BCUT2D eigenvalue weighted by Crippen LogP contribution is -2.47. The van der Waals surface area contributed by atoms with Gasteiger partial charge in [-0.1, -0.05) is 15.9 Å². The molecule has 3 N–H and O–H groups in total. The van der Waals surface area contributed by atoms with E-state index in [1.807, 2.05) is 0 Å². The molecule has 1 aromatic carbocycles. The normalized spacial score (nSPS) is 11.1. The van der Waals surface area contributed by atoms with E-state index in [1.54, 1.807) is 0 Å². The predicted octanol–water partition coefficient (Wildman–Crippen LogP) is 2.17. The third-order valence-electron chi connectivity index (χ3n) is 1.53. The molecular weight excluding hydrogens is 354 g/mol. The number of nitrogens with two attached hydrogens (primary N) is 1. The highest BCUT2D eigenvalue weighted by molar-refractivity contribution is 9.11. The zero-order chi connectivity index (χ0) is 12.3. The van der Waals surface area contributed by atoms with E-state index >= 15 is 0 Å². The van der Waals surface area contributed by atoms with E-state index in [4.69, 9.17) is 0 Å². The lowest BCUT2D eigenvalue weighted by molar-refractivity contribution is -0.193. The Morgan fingerprint density at radius 2 is 2.06 bits per heavy atom. The molecule has 0 fully saturated rings. The maximum atomic E-state index is 13.0. The molecule has 0 heterocycles. The molecule has 0 saturated heterocycles. The van der Waals surface area contributed by atoms with Gasteiger partial charge in [0, 0.05) is 4.47 Å². The summed E-state index contributed by atoms with van der Waals surface area (Å²) in [5, 5.41) is 0. The van der Waals surface area contributed by atoms with Crippen molar-refractivity contribution in [3.8, 4) is 5.75 Å². The fourth-order valence-corrected chi connectivity index (χ4v) is 1.95. The molecule has 0 unspecified atom stereocenters. The van der Waals surface area contributed by atoms with Crippen molar-refractivity contribution < 1.29 is 18.3 Å². The molecular formula is C8H6Br2F2N2O2. The lowest BCUT2D eigenvalue weighted by atomic mass is 10.3. The molecule has 88 valence electrons. The number of rotatable bonds is 3. The van der Waals surface area contributed by atoms with Gasteiger partial charge in [0.15, 0.2) is 0 Å². The van der Waals surface area contributed by atoms with E-state index in [0.29, 0.717) is 4.47 Å². The van der Waals surface area contributed by atoms with E-state index in [2.05, 4.69) is 42.4 Å². The molecule has 0 aromatic heterocycles. The number of hydrogen-bond donors (Lipinski definition) is 2. The summed E-state index contributed by atoms with van der Waals surface area (Å²) in [6, 6.07) is 4.29. The number of amides is 1. The number of hydrogen-bond acceptors (Lipinski definition) is 3. The predicted molar refractivity (Wildman–Crippen MR) is 59.7 cm³/mol. The van der Waals surface area contributed by atoms with Crippen LogP contribution in [0.1, 0.15) is 0 Å². The Morgan fingerprint density at radius 1 is 1.44 bits per heavy atom. The topological polar surface area (TPSA) is 64.3 Å². The number of carbonyl (C=O) groups is 1. The van der Waals surface area contributed by atoms with Gasteiger partial charge in [-0.15, -0.1) is 0 Å². The Kier molecular flexibility index (Phi) is 4.22. The molecule has 0 radical (unpaired) electrons. The first-order chi connectivity index (χ1) is 7.36. The third kappa shape index (κ3) is 3.13. The van der Waals surface area contributed by atoms with E-state index in [0.717, 1.165) is 0 Å². The maximum absolute atomic E-state index is 13.0. The van der Waals surface area contributed by atoms with Crippen LogP contribution in [0.3, 0.4) is 0 Å². The molecule has 8 heteroatoms. The van der Waals surface area contributed by atoms with Crippen molar-refractivity contribution >= 4 is 37.8 Å². The minimum atomic E-state index is -4.02. The summed E-state index contributed by atoms with van der Waals surface area (Å²) < 4.78 is 31.3. The summed E-state index contributed by atoms with van der Waals surface area (Å²) >= 11 is 6.17. The minimum absolute atomic E-state index is 0.170. The highest BCUT2D eigenvalue weighted by Crippen LogP contribution is 2.31. The number of ether oxygens (including phenoxy) is 1. The Hall–Kier alpha value is -0.730. The molecule has 4 nitrogen and oxygen atoms in total. The molecule has 1 amide bonds. The van der Waals surface area contributed by atoms with E-state index in [1.165, 1.54) is 23.6 Å². The Bertz CT molecular complexity index is 415. The summed E-state index contributed by atoms with van der Waals surface area (Å²) in [6.45, 7) is 0. The average molecular weight is 360 g/mol. The summed E-state index contributed by atoms with van der Waals surface area (Å²) in [5.41, 5.74) is 1.32. The summed E-state index contributed by atoms with van der Waals surface area (Å²) in [7, 11) is 0. The number of benzene rings is 1. The molecule has 1 rings (SSSR count). The van der Waals surface area contributed by atoms with Gasteiger partial charge in [-0.25, -0.2) is 5.84 Å². The second-order valence-electron chi connectivity index (χ2n) is 2.67. The minimum Gasteiger partial charge on any atom is -0.424 e. The zero-order valence-corrected chi connectivity index (χ0v) is 10.8. The van der Waals surface area contributed by atoms with E-state index < -0.39 is 12.0 Å². The van der Waals surface area contributed by atoms with Crippen LogP contribution in [0.15, 0.2) is 27.1 Å². The van der Waals surface area contributed by atoms with E-state index in [-0.39, 0.29) is 10.2 Å². The number of alkyl halides is 2. The second kappa shape index (κ2) is 5.07. The largest absolute Gasteiger partial charge is 0.483 e. The number of halogens is 4. The quantitative estimate of drug-likeness (QED) is 0.494. The SMILES string of the molecule is NNC(=O)C(F)(F)Oc1ccc(Br)cc1Br. The first kappa shape index (κ1) is 13.3. The van der Waals surface area contributed by atoms with Gasteiger partial charge in [-0.05, 0) is 34.1 Å². The van der Waals surface area contributed by atoms with Gasteiger partial charge in [0.25, 0.3) is 0 Å². The average Bonchev–Trinajstić information content (AvgIpc) is 2.21. The van der Waals surface area contributed by atoms with Crippen LogP contribution < -0.4 is 16.0 Å². The van der Waals surface area contributed by atoms with Gasteiger partial charge < -0.3 is 4.74 Å². The van der Waals surface area contributed by atoms with Crippen LogP contribution in [-0.2, 0) is 4.79 Å². The molecule has 0 spiro atoms. The molecule has 16 heavy (non-hydrogen) atoms. The van der Waals surface area contributed by atoms with Gasteiger partial charge >= 0.3 is 12.0 Å². The number of hydrazine groups is 1. The molecule has 1 aromatic rings. The van der Waals surface area contributed by atoms with Gasteiger partial charge in [0.1, 0.15) is 5.75 Å². The van der Waals surface area contributed by atoms with Crippen molar-refractivity contribution in [3.05, 3.63) is 27.1 Å². The third-order valence-corrected chi connectivity index (χ3v) is 2.64. The monoisotopic (exact) mass is 358 g/mol. The highest BCUT2D eigenvalue weighted by atomic mass is 79.9. The Balaban J connectivity index is 2.92. The first-order valence-corrected chi connectivity index (χ1v) is 5.48. The fraction of sp³-hybridized carbons (Fsp3) is 0.125. The number of nitrogens with one attached hydrogen (secondary N) is 1.